The molecule has 1 saturated carbocycles. The predicted octanol–water partition coefficient (Wildman–Crippen LogP) is 2.09. The average Bonchev–Trinajstić information content (AvgIpc) is 2.09. The average molecular weight is 213 g/mol. The first-order chi connectivity index (χ1) is 7.11. The molecule has 0 aromatic heterocycles. The third-order valence-corrected chi connectivity index (χ3v) is 2.94. The van der Waals surface area contributed by atoms with Crippen LogP contribution in [0.4, 0.5) is 0 Å². The molecule has 3 heteroatoms. The first kappa shape index (κ1) is 12.5. The van der Waals surface area contributed by atoms with E-state index in [1.807, 2.05) is 0 Å². The largest absolute Gasteiger partial charge is 0.462 e. The Hall–Kier alpha value is -0.570. The van der Waals surface area contributed by atoms with Gasteiger partial charge in [-0.25, -0.2) is 0 Å². The molecule has 15 heavy (non-hydrogen) atoms. The van der Waals surface area contributed by atoms with E-state index in [9.17, 15) is 4.79 Å². The van der Waals surface area contributed by atoms with Crippen molar-refractivity contribution in [2.45, 2.75) is 52.1 Å². The molecule has 0 aliphatic heterocycles. The Kier molecular flexibility index (Phi) is 5.09. The SMILES string of the molecule is CC(C)C[C@H](CN)CC(=O)OC1CCC1. The smallest absolute Gasteiger partial charge is 0.306 e. The maximum Gasteiger partial charge on any atom is 0.306 e. The van der Waals surface area contributed by atoms with Crippen LogP contribution in [0.1, 0.15) is 46.0 Å². The van der Waals surface area contributed by atoms with Crippen LogP contribution >= 0.6 is 0 Å². The summed E-state index contributed by atoms with van der Waals surface area (Å²) in [6, 6.07) is 0. The van der Waals surface area contributed by atoms with Crippen LogP contribution < -0.4 is 5.73 Å². The molecule has 0 aromatic rings. The Labute approximate surface area is 92.4 Å². The van der Waals surface area contributed by atoms with Crippen molar-refractivity contribution >= 4 is 5.97 Å². The van der Waals surface area contributed by atoms with Crippen LogP contribution in [0.3, 0.4) is 0 Å². The molecular weight excluding hydrogens is 190 g/mol. The van der Waals surface area contributed by atoms with Gasteiger partial charge in [-0.1, -0.05) is 13.8 Å². The molecule has 0 bridgehead atoms. The maximum absolute atomic E-state index is 11.5. The lowest BCUT2D eigenvalue weighted by atomic mass is 9.93. The van der Waals surface area contributed by atoms with Crippen molar-refractivity contribution in [3.8, 4) is 0 Å². The fraction of sp³-hybridized carbons (Fsp3) is 0.917. The van der Waals surface area contributed by atoms with Gasteiger partial charge in [0.05, 0.1) is 0 Å². The van der Waals surface area contributed by atoms with Crippen LogP contribution in [-0.4, -0.2) is 18.6 Å². The second-order valence-electron chi connectivity index (χ2n) is 4.98. The van der Waals surface area contributed by atoms with E-state index in [1.165, 1.54) is 6.42 Å². The van der Waals surface area contributed by atoms with Crippen molar-refractivity contribution in [2.75, 3.05) is 6.54 Å². The maximum atomic E-state index is 11.5. The molecule has 3 nitrogen and oxygen atoms in total. The van der Waals surface area contributed by atoms with Gasteiger partial charge in [-0.3, -0.25) is 4.79 Å². The predicted molar refractivity (Wildman–Crippen MR) is 60.3 cm³/mol. The molecular formula is C12H23NO2. The van der Waals surface area contributed by atoms with Crippen LogP contribution in [0.5, 0.6) is 0 Å². The third-order valence-electron chi connectivity index (χ3n) is 2.94. The molecule has 1 rings (SSSR count). The van der Waals surface area contributed by atoms with E-state index in [0.717, 1.165) is 19.3 Å². The second kappa shape index (κ2) is 6.11. The van der Waals surface area contributed by atoms with Gasteiger partial charge in [0, 0.05) is 6.42 Å². The monoisotopic (exact) mass is 213 g/mol. The highest BCUT2D eigenvalue weighted by Crippen LogP contribution is 2.23. The minimum Gasteiger partial charge on any atom is -0.462 e. The highest BCUT2D eigenvalue weighted by atomic mass is 16.5. The van der Waals surface area contributed by atoms with Gasteiger partial charge in [0.15, 0.2) is 0 Å². The van der Waals surface area contributed by atoms with Crippen molar-refractivity contribution in [1.29, 1.82) is 0 Å². The summed E-state index contributed by atoms with van der Waals surface area (Å²) in [5.41, 5.74) is 5.64. The van der Waals surface area contributed by atoms with Gasteiger partial charge in [0.2, 0.25) is 0 Å². The fourth-order valence-electron chi connectivity index (χ4n) is 1.89. The van der Waals surface area contributed by atoms with Crippen LogP contribution in [0, 0.1) is 11.8 Å². The molecule has 1 aliphatic carbocycles. The van der Waals surface area contributed by atoms with E-state index in [4.69, 9.17) is 10.5 Å². The summed E-state index contributed by atoms with van der Waals surface area (Å²) < 4.78 is 5.31. The zero-order valence-electron chi connectivity index (χ0n) is 9.87. The Morgan fingerprint density at radius 2 is 2.13 bits per heavy atom. The zero-order valence-corrected chi connectivity index (χ0v) is 9.87. The number of nitrogens with two attached hydrogens (primary N) is 1. The number of hydrogen-bond acceptors (Lipinski definition) is 3. The van der Waals surface area contributed by atoms with Gasteiger partial charge in [0.1, 0.15) is 6.10 Å². The lowest BCUT2D eigenvalue weighted by molar-refractivity contribution is -0.154. The highest BCUT2D eigenvalue weighted by Gasteiger charge is 2.23. The molecule has 88 valence electrons. The summed E-state index contributed by atoms with van der Waals surface area (Å²) in [5, 5.41) is 0. The number of esters is 1. The summed E-state index contributed by atoms with van der Waals surface area (Å²) in [4.78, 5) is 11.5. The quantitative estimate of drug-likeness (QED) is 0.687. The topological polar surface area (TPSA) is 52.3 Å². The number of hydrogen-bond donors (Lipinski definition) is 1. The molecule has 1 fully saturated rings. The van der Waals surface area contributed by atoms with Gasteiger partial charge >= 0.3 is 5.97 Å². The molecule has 0 saturated heterocycles. The van der Waals surface area contributed by atoms with Crippen molar-refractivity contribution in [2.24, 2.45) is 17.6 Å². The minimum absolute atomic E-state index is 0.0594. The molecule has 1 atom stereocenters. The summed E-state index contributed by atoms with van der Waals surface area (Å²) in [6.45, 7) is 4.89. The van der Waals surface area contributed by atoms with Crippen LogP contribution in [-0.2, 0) is 9.53 Å². The van der Waals surface area contributed by atoms with E-state index < -0.39 is 0 Å². The fourth-order valence-corrected chi connectivity index (χ4v) is 1.89. The summed E-state index contributed by atoms with van der Waals surface area (Å²) in [7, 11) is 0. The van der Waals surface area contributed by atoms with Crippen LogP contribution in [0.25, 0.3) is 0 Å². The minimum atomic E-state index is -0.0594. The highest BCUT2D eigenvalue weighted by molar-refractivity contribution is 5.70. The lowest BCUT2D eigenvalue weighted by Gasteiger charge is -2.26. The Bertz CT molecular complexity index is 200. The van der Waals surface area contributed by atoms with E-state index in [2.05, 4.69) is 13.8 Å². The molecule has 0 amide bonds. The normalized spacial score (nSPS) is 18.7. The molecule has 0 aromatic carbocycles. The first-order valence-corrected chi connectivity index (χ1v) is 6.01. The number of rotatable bonds is 6. The molecule has 0 unspecified atom stereocenters. The van der Waals surface area contributed by atoms with E-state index in [-0.39, 0.29) is 18.0 Å². The molecule has 1 aliphatic rings. The Morgan fingerprint density at radius 3 is 2.53 bits per heavy atom. The molecule has 0 spiro atoms. The zero-order chi connectivity index (χ0) is 11.3. The van der Waals surface area contributed by atoms with Crippen LogP contribution in [0.15, 0.2) is 0 Å². The second-order valence-corrected chi connectivity index (χ2v) is 4.98. The lowest BCUT2D eigenvalue weighted by Crippen LogP contribution is -2.28. The van der Waals surface area contributed by atoms with Gasteiger partial charge in [-0.2, -0.15) is 0 Å². The summed E-state index contributed by atoms with van der Waals surface area (Å²) in [5.74, 6) is 0.823. The number of carbonyl (C=O) groups excluding carboxylic acids is 1. The van der Waals surface area contributed by atoms with E-state index in [0.29, 0.717) is 18.9 Å². The Balaban J connectivity index is 2.20. The number of carbonyl (C=O) groups is 1. The van der Waals surface area contributed by atoms with Gasteiger partial charge in [-0.05, 0) is 44.1 Å². The van der Waals surface area contributed by atoms with Crippen molar-refractivity contribution in [3.05, 3.63) is 0 Å². The third kappa shape index (κ3) is 4.65. The van der Waals surface area contributed by atoms with E-state index in [1.54, 1.807) is 0 Å². The van der Waals surface area contributed by atoms with E-state index >= 15 is 0 Å². The van der Waals surface area contributed by atoms with Crippen molar-refractivity contribution in [3.63, 3.8) is 0 Å². The Morgan fingerprint density at radius 1 is 1.47 bits per heavy atom. The van der Waals surface area contributed by atoms with Crippen molar-refractivity contribution in [1.82, 2.24) is 0 Å². The van der Waals surface area contributed by atoms with Gasteiger partial charge < -0.3 is 10.5 Å². The molecule has 0 heterocycles. The number of ether oxygens (including phenoxy) is 1. The summed E-state index contributed by atoms with van der Waals surface area (Å²) in [6.07, 6.45) is 4.99. The van der Waals surface area contributed by atoms with Crippen LogP contribution in [0.2, 0.25) is 0 Å². The summed E-state index contributed by atoms with van der Waals surface area (Å²) >= 11 is 0. The standard InChI is InChI=1S/C12H23NO2/c1-9(2)6-10(8-13)7-12(14)15-11-4-3-5-11/h9-11H,3-8,13H2,1-2H3/t10-/m0/s1. The van der Waals surface area contributed by atoms with Gasteiger partial charge in [0.25, 0.3) is 0 Å². The first-order valence-electron chi connectivity index (χ1n) is 6.01. The molecule has 0 radical (unpaired) electrons. The molecule has 2 N–H and O–H groups in total. The van der Waals surface area contributed by atoms with Crippen molar-refractivity contribution < 1.29 is 9.53 Å². The van der Waals surface area contributed by atoms with Gasteiger partial charge in [-0.15, -0.1) is 0 Å².